The van der Waals surface area contributed by atoms with E-state index >= 15 is 0 Å². The van der Waals surface area contributed by atoms with E-state index < -0.39 is 0 Å². The highest BCUT2D eigenvalue weighted by Crippen LogP contribution is 2.28. The fourth-order valence-corrected chi connectivity index (χ4v) is 4.32. The molecule has 0 unspecified atom stereocenters. The van der Waals surface area contributed by atoms with Gasteiger partial charge in [0.1, 0.15) is 5.52 Å². The van der Waals surface area contributed by atoms with E-state index in [9.17, 15) is 0 Å². The summed E-state index contributed by atoms with van der Waals surface area (Å²) in [6, 6.07) is 17.0. The maximum atomic E-state index is 6.38. The van der Waals surface area contributed by atoms with Crippen LogP contribution >= 0.6 is 11.6 Å². The molecule has 0 spiro atoms. The molecule has 1 aliphatic heterocycles. The number of imidazole rings is 1. The molecule has 1 saturated heterocycles. The Morgan fingerprint density at radius 3 is 2.56 bits per heavy atom. The summed E-state index contributed by atoms with van der Waals surface area (Å²) >= 11 is 6.38. The Morgan fingerprint density at radius 1 is 0.926 bits per heavy atom. The van der Waals surface area contributed by atoms with Crippen LogP contribution in [0.15, 0.2) is 54.9 Å². The molecule has 27 heavy (non-hydrogen) atoms. The molecule has 0 amide bonds. The first kappa shape index (κ1) is 16.7. The van der Waals surface area contributed by atoms with Gasteiger partial charge < -0.3 is 4.57 Å². The molecule has 3 heterocycles. The van der Waals surface area contributed by atoms with Gasteiger partial charge in [0, 0.05) is 18.5 Å². The number of likely N-dealkylation sites (tertiary alicyclic amines) is 1. The number of nitrogens with zero attached hydrogens (tertiary/aromatic N) is 4. The highest BCUT2D eigenvalue weighted by Gasteiger charge is 2.14. The average Bonchev–Trinajstić information content (AvgIpc) is 3.33. The number of fused-ring (bicyclic) bond motifs is 3. The number of pyridine rings is 1. The molecule has 2 aromatic carbocycles. The van der Waals surface area contributed by atoms with Gasteiger partial charge in [0.2, 0.25) is 0 Å². The van der Waals surface area contributed by atoms with Crippen LogP contribution in [0.25, 0.3) is 21.9 Å². The quantitative estimate of drug-likeness (QED) is 0.476. The normalized spacial score (nSPS) is 15.1. The molecule has 0 saturated carbocycles. The predicted molar refractivity (Wildman–Crippen MR) is 110 cm³/mol. The van der Waals surface area contributed by atoms with E-state index in [2.05, 4.69) is 49.8 Å². The van der Waals surface area contributed by atoms with E-state index in [1.165, 1.54) is 37.1 Å². The molecule has 0 N–H and O–H groups in total. The summed E-state index contributed by atoms with van der Waals surface area (Å²) in [6.45, 7) is 4.24. The molecule has 4 nitrogen and oxygen atoms in total. The molecule has 5 heteroatoms. The molecule has 0 atom stereocenters. The van der Waals surface area contributed by atoms with Crippen LogP contribution < -0.4 is 0 Å². The second-order valence-electron chi connectivity index (χ2n) is 7.29. The minimum Gasteiger partial charge on any atom is -0.325 e. The molecule has 0 radical (unpaired) electrons. The van der Waals surface area contributed by atoms with Crippen LogP contribution in [0, 0.1) is 0 Å². The van der Waals surface area contributed by atoms with Gasteiger partial charge in [0.05, 0.1) is 17.4 Å². The Morgan fingerprint density at radius 2 is 1.70 bits per heavy atom. The van der Waals surface area contributed by atoms with E-state index in [0.29, 0.717) is 5.15 Å². The molecule has 1 fully saturated rings. The summed E-state index contributed by atoms with van der Waals surface area (Å²) in [6.07, 6.45) is 4.52. The van der Waals surface area contributed by atoms with Gasteiger partial charge in [0.15, 0.2) is 5.15 Å². The predicted octanol–water partition coefficient (Wildman–Crippen LogP) is 4.88. The van der Waals surface area contributed by atoms with E-state index in [4.69, 9.17) is 11.6 Å². The lowest BCUT2D eigenvalue weighted by molar-refractivity contribution is 0.331. The third kappa shape index (κ3) is 3.20. The van der Waals surface area contributed by atoms with Crippen LogP contribution in [0.2, 0.25) is 5.15 Å². The topological polar surface area (TPSA) is 34.0 Å². The highest BCUT2D eigenvalue weighted by atomic mass is 35.5. The van der Waals surface area contributed by atoms with E-state index in [1.54, 1.807) is 0 Å². The smallest absolute Gasteiger partial charge is 0.157 e. The van der Waals surface area contributed by atoms with Crippen LogP contribution in [-0.2, 0) is 13.1 Å². The number of rotatable bonds is 4. The first-order valence-electron chi connectivity index (χ1n) is 9.47. The Bertz CT molecular complexity index is 1110. The van der Waals surface area contributed by atoms with Crippen molar-refractivity contribution in [3.63, 3.8) is 0 Å². The third-order valence-corrected chi connectivity index (χ3v) is 5.62. The van der Waals surface area contributed by atoms with Crippen molar-refractivity contribution in [1.29, 1.82) is 0 Å². The highest BCUT2D eigenvalue weighted by molar-refractivity contribution is 6.35. The largest absolute Gasteiger partial charge is 0.325 e. The number of benzene rings is 2. The average molecular weight is 377 g/mol. The monoisotopic (exact) mass is 376 g/mol. The van der Waals surface area contributed by atoms with Crippen LogP contribution in [0.3, 0.4) is 0 Å². The third-order valence-electron chi connectivity index (χ3n) is 5.36. The summed E-state index contributed by atoms with van der Waals surface area (Å²) < 4.78 is 2.18. The summed E-state index contributed by atoms with van der Waals surface area (Å²) in [4.78, 5) is 11.5. The molecule has 2 aromatic heterocycles. The van der Waals surface area contributed by atoms with Crippen molar-refractivity contribution in [2.24, 2.45) is 0 Å². The van der Waals surface area contributed by atoms with Crippen LogP contribution in [0.4, 0.5) is 0 Å². The van der Waals surface area contributed by atoms with Gasteiger partial charge in [-0.25, -0.2) is 9.97 Å². The summed E-state index contributed by atoms with van der Waals surface area (Å²) in [5.41, 5.74) is 5.38. The molecule has 136 valence electrons. The molecule has 0 aliphatic carbocycles. The van der Waals surface area contributed by atoms with Gasteiger partial charge in [-0.2, -0.15) is 0 Å². The Hall–Kier alpha value is -2.43. The zero-order valence-electron chi connectivity index (χ0n) is 15.1. The lowest BCUT2D eigenvalue weighted by Gasteiger charge is -2.15. The molecular formula is C22H21ClN4. The molecule has 0 bridgehead atoms. The number of aromatic nitrogens is 3. The van der Waals surface area contributed by atoms with Crippen LogP contribution in [0.1, 0.15) is 24.0 Å². The van der Waals surface area contributed by atoms with Crippen molar-refractivity contribution >= 4 is 33.5 Å². The van der Waals surface area contributed by atoms with Gasteiger partial charge in [-0.15, -0.1) is 0 Å². The number of para-hydroxylation sites is 1. The maximum absolute atomic E-state index is 6.38. The molecular weight excluding hydrogens is 356 g/mol. The molecule has 4 aromatic rings. The van der Waals surface area contributed by atoms with Crippen molar-refractivity contribution in [3.05, 3.63) is 71.1 Å². The zero-order valence-corrected chi connectivity index (χ0v) is 15.9. The molecule has 5 rings (SSSR count). The van der Waals surface area contributed by atoms with Crippen molar-refractivity contribution in [3.8, 4) is 0 Å². The first-order valence-corrected chi connectivity index (χ1v) is 9.85. The van der Waals surface area contributed by atoms with Crippen molar-refractivity contribution in [2.45, 2.75) is 25.9 Å². The van der Waals surface area contributed by atoms with E-state index in [0.717, 1.165) is 35.0 Å². The Labute approximate surface area is 163 Å². The fourth-order valence-electron chi connectivity index (χ4n) is 4.09. The van der Waals surface area contributed by atoms with Crippen LogP contribution in [0.5, 0.6) is 0 Å². The van der Waals surface area contributed by atoms with E-state index in [-0.39, 0.29) is 0 Å². The van der Waals surface area contributed by atoms with Crippen molar-refractivity contribution in [1.82, 2.24) is 19.4 Å². The number of halogens is 1. The zero-order chi connectivity index (χ0) is 18.2. The van der Waals surface area contributed by atoms with Crippen molar-refractivity contribution in [2.75, 3.05) is 13.1 Å². The minimum atomic E-state index is 0.463. The van der Waals surface area contributed by atoms with Gasteiger partial charge in [-0.05, 0) is 43.1 Å². The Balaban J connectivity index is 1.51. The van der Waals surface area contributed by atoms with Gasteiger partial charge >= 0.3 is 0 Å². The summed E-state index contributed by atoms with van der Waals surface area (Å²) in [5, 5.41) is 1.55. The lowest BCUT2D eigenvalue weighted by Crippen LogP contribution is -2.18. The second kappa shape index (κ2) is 6.95. The Kier molecular flexibility index (Phi) is 4.30. The molecule has 1 aliphatic rings. The fraction of sp³-hybridized carbons (Fsp3) is 0.273. The minimum absolute atomic E-state index is 0.463. The van der Waals surface area contributed by atoms with Crippen LogP contribution in [-0.4, -0.2) is 32.5 Å². The standard InChI is InChI=1S/C22H21ClN4/c23-22-20-21(18-8-1-2-9-19(18)25-22)27(15-24-20)14-17-7-5-6-16(12-17)13-26-10-3-4-11-26/h1-2,5-9,12,15H,3-4,10-11,13-14H2. The maximum Gasteiger partial charge on any atom is 0.157 e. The van der Waals surface area contributed by atoms with Crippen molar-refractivity contribution < 1.29 is 0 Å². The number of hydrogen-bond donors (Lipinski definition) is 0. The second-order valence-corrected chi connectivity index (χ2v) is 7.65. The van der Waals surface area contributed by atoms with Gasteiger partial charge in [-0.3, -0.25) is 4.90 Å². The SMILES string of the molecule is Clc1nc2ccccc2c2c1ncn2Cc1cccc(CN2CCCC2)c1. The summed E-state index contributed by atoms with van der Waals surface area (Å²) in [5.74, 6) is 0. The lowest BCUT2D eigenvalue weighted by atomic mass is 10.1. The van der Waals surface area contributed by atoms with Gasteiger partial charge in [-0.1, -0.05) is 54.1 Å². The van der Waals surface area contributed by atoms with Gasteiger partial charge in [0.25, 0.3) is 0 Å². The first-order chi connectivity index (χ1) is 13.3. The van der Waals surface area contributed by atoms with E-state index in [1.807, 2.05) is 24.5 Å². The summed E-state index contributed by atoms with van der Waals surface area (Å²) in [7, 11) is 0. The number of hydrogen-bond acceptors (Lipinski definition) is 3.